The number of carbonyl (C=O) groups excluding carboxylic acids is 1. The average molecular weight is 295 g/mol. The van der Waals surface area contributed by atoms with Crippen molar-refractivity contribution in [1.82, 2.24) is 15.5 Å². The molecule has 0 saturated heterocycles. The molecule has 1 unspecified atom stereocenters. The van der Waals surface area contributed by atoms with Gasteiger partial charge >= 0.3 is 5.97 Å². The summed E-state index contributed by atoms with van der Waals surface area (Å²) in [6.45, 7) is 0. The van der Waals surface area contributed by atoms with Gasteiger partial charge in [0.2, 0.25) is 0 Å². The summed E-state index contributed by atoms with van der Waals surface area (Å²) >= 11 is 0. The molecule has 6 heteroatoms. The number of aromatic nitrogens is 2. The summed E-state index contributed by atoms with van der Waals surface area (Å²) < 4.78 is 0. The molecule has 1 heterocycles. The van der Waals surface area contributed by atoms with Gasteiger partial charge in [0.1, 0.15) is 0 Å². The number of hydrogen-bond acceptors (Lipinski definition) is 3. The SMILES string of the molecule is O=C(NC(C(=O)O)c1ccccc1)c1n[nH]c2ccccc12. The highest BCUT2D eigenvalue weighted by atomic mass is 16.4. The first-order chi connectivity index (χ1) is 10.7. The van der Waals surface area contributed by atoms with Crippen molar-refractivity contribution in [2.24, 2.45) is 0 Å². The summed E-state index contributed by atoms with van der Waals surface area (Å²) in [5, 5.41) is 19.2. The summed E-state index contributed by atoms with van der Waals surface area (Å²) in [6.07, 6.45) is 0. The first-order valence-electron chi connectivity index (χ1n) is 6.68. The number of nitrogens with one attached hydrogen (secondary N) is 2. The van der Waals surface area contributed by atoms with Gasteiger partial charge in [0.25, 0.3) is 5.91 Å². The van der Waals surface area contributed by atoms with E-state index < -0.39 is 17.9 Å². The molecule has 0 bridgehead atoms. The zero-order valence-corrected chi connectivity index (χ0v) is 11.5. The van der Waals surface area contributed by atoms with Crippen LogP contribution in [0.4, 0.5) is 0 Å². The highest BCUT2D eigenvalue weighted by molar-refractivity contribution is 6.05. The van der Waals surface area contributed by atoms with E-state index >= 15 is 0 Å². The van der Waals surface area contributed by atoms with Gasteiger partial charge in [0, 0.05) is 5.39 Å². The zero-order chi connectivity index (χ0) is 15.5. The molecule has 0 aliphatic carbocycles. The number of fused-ring (bicyclic) bond motifs is 1. The Balaban J connectivity index is 1.90. The molecule has 0 aliphatic heterocycles. The van der Waals surface area contributed by atoms with Crippen LogP contribution in [0, 0.1) is 0 Å². The van der Waals surface area contributed by atoms with Gasteiger partial charge in [-0.25, -0.2) is 4.79 Å². The largest absolute Gasteiger partial charge is 0.479 e. The Morgan fingerprint density at radius 2 is 1.73 bits per heavy atom. The van der Waals surface area contributed by atoms with Crippen molar-refractivity contribution in [3.63, 3.8) is 0 Å². The second-order valence-corrected chi connectivity index (χ2v) is 4.77. The fourth-order valence-corrected chi connectivity index (χ4v) is 2.27. The van der Waals surface area contributed by atoms with Crippen LogP contribution in [0.1, 0.15) is 22.1 Å². The van der Waals surface area contributed by atoms with Gasteiger partial charge in [-0.05, 0) is 11.6 Å². The number of aromatic amines is 1. The Hall–Kier alpha value is -3.15. The molecule has 0 aliphatic rings. The van der Waals surface area contributed by atoms with Gasteiger partial charge in [-0.2, -0.15) is 5.10 Å². The molecule has 1 amide bonds. The maximum Gasteiger partial charge on any atom is 0.330 e. The monoisotopic (exact) mass is 295 g/mol. The molecule has 0 fully saturated rings. The van der Waals surface area contributed by atoms with Crippen molar-refractivity contribution in [3.05, 3.63) is 65.9 Å². The number of aliphatic carboxylic acids is 1. The molecule has 0 radical (unpaired) electrons. The highest BCUT2D eigenvalue weighted by Crippen LogP contribution is 2.17. The lowest BCUT2D eigenvalue weighted by Gasteiger charge is -2.14. The van der Waals surface area contributed by atoms with Crippen molar-refractivity contribution in [2.45, 2.75) is 6.04 Å². The number of rotatable bonds is 4. The van der Waals surface area contributed by atoms with Gasteiger partial charge in [0.15, 0.2) is 11.7 Å². The number of carboxylic acid groups (broad SMARTS) is 1. The number of hydrogen-bond donors (Lipinski definition) is 3. The highest BCUT2D eigenvalue weighted by Gasteiger charge is 2.24. The van der Waals surface area contributed by atoms with Gasteiger partial charge < -0.3 is 10.4 Å². The molecule has 0 saturated carbocycles. The van der Waals surface area contributed by atoms with Crippen LogP contribution in [0.15, 0.2) is 54.6 Å². The van der Waals surface area contributed by atoms with E-state index in [-0.39, 0.29) is 5.69 Å². The van der Waals surface area contributed by atoms with Crippen molar-refractivity contribution >= 4 is 22.8 Å². The van der Waals surface area contributed by atoms with Crippen LogP contribution >= 0.6 is 0 Å². The fourth-order valence-electron chi connectivity index (χ4n) is 2.27. The Morgan fingerprint density at radius 1 is 1.05 bits per heavy atom. The van der Waals surface area contributed by atoms with Crippen LogP contribution in [0.2, 0.25) is 0 Å². The van der Waals surface area contributed by atoms with Gasteiger partial charge in [-0.1, -0.05) is 48.5 Å². The molecule has 110 valence electrons. The van der Waals surface area contributed by atoms with E-state index in [0.29, 0.717) is 10.9 Å². The zero-order valence-electron chi connectivity index (χ0n) is 11.5. The first kappa shape index (κ1) is 13.8. The van der Waals surface area contributed by atoms with E-state index in [0.717, 1.165) is 5.52 Å². The maximum absolute atomic E-state index is 12.4. The number of para-hydroxylation sites is 1. The Bertz CT molecular complexity index is 827. The van der Waals surface area contributed by atoms with Gasteiger partial charge in [-0.15, -0.1) is 0 Å². The predicted octanol–water partition coefficient (Wildman–Crippen LogP) is 2.12. The number of carbonyl (C=O) groups is 2. The maximum atomic E-state index is 12.4. The number of benzene rings is 2. The smallest absolute Gasteiger partial charge is 0.330 e. The van der Waals surface area contributed by atoms with Crippen molar-refractivity contribution in [2.75, 3.05) is 0 Å². The van der Waals surface area contributed by atoms with E-state index in [9.17, 15) is 14.7 Å². The van der Waals surface area contributed by atoms with Gasteiger partial charge in [0.05, 0.1) is 5.52 Å². The van der Waals surface area contributed by atoms with Crippen LogP contribution in [-0.2, 0) is 4.79 Å². The Kier molecular flexibility index (Phi) is 3.57. The van der Waals surface area contributed by atoms with Crippen LogP contribution in [-0.4, -0.2) is 27.2 Å². The van der Waals surface area contributed by atoms with E-state index in [1.165, 1.54) is 0 Å². The predicted molar refractivity (Wildman–Crippen MR) is 80.4 cm³/mol. The molecular weight excluding hydrogens is 282 g/mol. The van der Waals surface area contributed by atoms with Crippen LogP contribution in [0.25, 0.3) is 10.9 Å². The molecule has 22 heavy (non-hydrogen) atoms. The van der Waals surface area contributed by atoms with E-state index in [1.807, 2.05) is 6.07 Å². The number of amides is 1. The first-order valence-corrected chi connectivity index (χ1v) is 6.68. The third-order valence-electron chi connectivity index (χ3n) is 3.34. The second-order valence-electron chi connectivity index (χ2n) is 4.77. The summed E-state index contributed by atoms with van der Waals surface area (Å²) in [5.74, 6) is -1.66. The standard InChI is InChI=1S/C16H13N3O3/c20-15(14-11-8-4-5-9-12(11)18-19-14)17-13(16(21)22)10-6-2-1-3-7-10/h1-9,13H,(H,17,20)(H,18,19)(H,21,22). The number of nitrogens with zero attached hydrogens (tertiary/aromatic N) is 1. The molecule has 6 nitrogen and oxygen atoms in total. The molecule has 3 N–H and O–H groups in total. The minimum Gasteiger partial charge on any atom is -0.479 e. The number of carboxylic acids is 1. The lowest BCUT2D eigenvalue weighted by molar-refractivity contribution is -0.139. The molecule has 3 rings (SSSR count). The summed E-state index contributed by atoms with van der Waals surface area (Å²) in [7, 11) is 0. The molecule has 2 aromatic carbocycles. The van der Waals surface area contributed by atoms with Crippen molar-refractivity contribution in [1.29, 1.82) is 0 Å². The summed E-state index contributed by atoms with van der Waals surface area (Å²) in [4.78, 5) is 23.8. The molecule has 1 atom stereocenters. The normalized spacial score (nSPS) is 12.0. The molecule has 3 aromatic rings. The lowest BCUT2D eigenvalue weighted by atomic mass is 10.1. The molecule has 0 spiro atoms. The van der Waals surface area contributed by atoms with Crippen LogP contribution < -0.4 is 5.32 Å². The summed E-state index contributed by atoms with van der Waals surface area (Å²) in [5.41, 5.74) is 1.40. The van der Waals surface area contributed by atoms with Crippen LogP contribution in [0.3, 0.4) is 0 Å². The second kappa shape index (κ2) is 5.69. The van der Waals surface area contributed by atoms with E-state index in [4.69, 9.17) is 0 Å². The van der Waals surface area contributed by atoms with Crippen molar-refractivity contribution in [3.8, 4) is 0 Å². The van der Waals surface area contributed by atoms with E-state index in [2.05, 4.69) is 15.5 Å². The van der Waals surface area contributed by atoms with Crippen LogP contribution in [0.5, 0.6) is 0 Å². The average Bonchev–Trinajstić information content (AvgIpc) is 2.97. The minimum atomic E-state index is -1.13. The minimum absolute atomic E-state index is 0.179. The third-order valence-corrected chi connectivity index (χ3v) is 3.34. The Morgan fingerprint density at radius 3 is 2.45 bits per heavy atom. The fraction of sp³-hybridized carbons (Fsp3) is 0.0625. The van der Waals surface area contributed by atoms with Crippen molar-refractivity contribution < 1.29 is 14.7 Å². The quantitative estimate of drug-likeness (QED) is 0.687. The molecule has 1 aromatic heterocycles. The Labute approximate surface area is 125 Å². The molecular formula is C16H13N3O3. The van der Waals surface area contributed by atoms with Gasteiger partial charge in [-0.3, -0.25) is 9.89 Å². The lowest BCUT2D eigenvalue weighted by Crippen LogP contribution is -2.34. The van der Waals surface area contributed by atoms with E-state index in [1.54, 1.807) is 48.5 Å². The number of H-pyrrole nitrogens is 1. The third kappa shape index (κ3) is 2.54. The topological polar surface area (TPSA) is 95.1 Å². The summed E-state index contributed by atoms with van der Waals surface area (Å²) in [6, 6.07) is 14.6.